The third-order valence-corrected chi connectivity index (χ3v) is 6.60. The average molecular weight is 402 g/mol. The molecule has 1 saturated carbocycles. The number of carbonyl (C=O) groups excluding carboxylic acids is 3. The molecule has 1 aliphatic heterocycles. The molecule has 1 saturated heterocycles. The van der Waals surface area contributed by atoms with Gasteiger partial charge in [-0.1, -0.05) is 17.7 Å². The van der Waals surface area contributed by atoms with Crippen molar-refractivity contribution >= 4 is 29.1 Å². The highest BCUT2D eigenvalue weighted by Crippen LogP contribution is 2.55. The Hall–Kier alpha value is -3.41. The Kier molecular flexibility index (Phi) is 4.24. The predicted octanol–water partition coefficient (Wildman–Crippen LogP) is 3.65. The summed E-state index contributed by atoms with van der Waals surface area (Å²) in [5, 5.41) is 2.82. The van der Waals surface area contributed by atoms with Gasteiger partial charge in [0.25, 0.3) is 5.91 Å². The first-order chi connectivity index (χ1) is 14.5. The number of rotatable bonds is 4. The predicted molar refractivity (Wildman–Crippen MR) is 112 cm³/mol. The molecule has 6 heteroatoms. The van der Waals surface area contributed by atoms with E-state index in [0.29, 0.717) is 22.7 Å². The highest BCUT2D eigenvalue weighted by Gasteiger charge is 2.60. The van der Waals surface area contributed by atoms with Gasteiger partial charge in [0.2, 0.25) is 11.8 Å². The lowest BCUT2D eigenvalue weighted by Gasteiger charge is -2.19. The summed E-state index contributed by atoms with van der Waals surface area (Å²) >= 11 is 0. The summed E-state index contributed by atoms with van der Waals surface area (Å²) in [4.78, 5) is 39.9. The third kappa shape index (κ3) is 2.75. The molecule has 2 aromatic carbocycles. The van der Waals surface area contributed by atoms with Crippen molar-refractivity contribution in [3.8, 4) is 5.75 Å². The Morgan fingerprint density at radius 3 is 2.53 bits per heavy atom. The van der Waals surface area contributed by atoms with Crippen LogP contribution in [0.1, 0.15) is 23.7 Å². The van der Waals surface area contributed by atoms with E-state index in [4.69, 9.17) is 4.74 Å². The van der Waals surface area contributed by atoms with Crippen molar-refractivity contribution in [2.75, 3.05) is 17.3 Å². The van der Waals surface area contributed by atoms with Crippen LogP contribution in [0.25, 0.3) is 0 Å². The summed E-state index contributed by atoms with van der Waals surface area (Å²) in [6.45, 7) is 2.05. The highest BCUT2D eigenvalue weighted by atomic mass is 16.5. The average Bonchev–Trinajstić information content (AvgIpc) is 3.38. The molecule has 3 aliphatic rings. The second kappa shape index (κ2) is 6.83. The van der Waals surface area contributed by atoms with Gasteiger partial charge in [-0.25, -0.2) is 0 Å². The van der Waals surface area contributed by atoms with Crippen LogP contribution in [-0.2, 0) is 9.59 Å². The van der Waals surface area contributed by atoms with Gasteiger partial charge in [0.1, 0.15) is 5.75 Å². The van der Waals surface area contributed by atoms with Gasteiger partial charge in [-0.15, -0.1) is 0 Å². The number of imide groups is 1. The highest BCUT2D eigenvalue weighted by molar-refractivity contribution is 6.23. The number of benzene rings is 2. The molecule has 2 aliphatic carbocycles. The van der Waals surface area contributed by atoms with Crippen LogP contribution in [0.2, 0.25) is 0 Å². The van der Waals surface area contributed by atoms with Crippen LogP contribution >= 0.6 is 0 Å². The molecule has 152 valence electrons. The minimum absolute atomic E-state index is 0.112. The zero-order valence-corrected chi connectivity index (χ0v) is 16.8. The molecule has 0 radical (unpaired) electrons. The quantitative estimate of drug-likeness (QED) is 0.626. The second-order valence-electron chi connectivity index (χ2n) is 8.21. The van der Waals surface area contributed by atoms with Crippen LogP contribution in [0.4, 0.5) is 11.4 Å². The molecule has 0 unspecified atom stereocenters. The van der Waals surface area contributed by atoms with Crippen LogP contribution in [0, 0.1) is 23.7 Å². The van der Waals surface area contributed by atoms with E-state index in [1.165, 1.54) is 10.5 Å². The third-order valence-electron chi connectivity index (χ3n) is 6.60. The minimum Gasteiger partial charge on any atom is -0.497 e. The van der Waals surface area contributed by atoms with Gasteiger partial charge >= 0.3 is 0 Å². The van der Waals surface area contributed by atoms with E-state index >= 15 is 0 Å². The number of amides is 3. The molecule has 30 heavy (non-hydrogen) atoms. The first kappa shape index (κ1) is 18.6. The fourth-order valence-corrected chi connectivity index (χ4v) is 5.19. The zero-order chi connectivity index (χ0) is 21.0. The van der Waals surface area contributed by atoms with Gasteiger partial charge in [0.05, 0.1) is 24.6 Å². The van der Waals surface area contributed by atoms with Gasteiger partial charge < -0.3 is 10.1 Å². The van der Waals surface area contributed by atoms with Gasteiger partial charge in [-0.3, -0.25) is 19.3 Å². The van der Waals surface area contributed by atoms with Crippen molar-refractivity contribution in [3.05, 3.63) is 65.7 Å². The van der Waals surface area contributed by atoms with Crippen molar-refractivity contribution in [3.63, 3.8) is 0 Å². The number of ether oxygens (including phenoxy) is 1. The molecule has 0 spiro atoms. The molecule has 2 bridgehead atoms. The molecule has 3 amide bonds. The number of fused-ring (bicyclic) bond motifs is 5. The minimum atomic E-state index is -0.274. The van der Waals surface area contributed by atoms with Gasteiger partial charge in [0.15, 0.2) is 0 Å². The Bertz CT molecular complexity index is 1090. The largest absolute Gasteiger partial charge is 0.497 e. The maximum atomic E-state index is 13.0. The van der Waals surface area contributed by atoms with Crippen LogP contribution in [-0.4, -0.2) is 24.8 Å². The number of nitrogens with zero attached hydrogens (tertiary/aromatic N) is 1. The molecular formula is C24H22N2O4. The van der Waals surface area contributed by atoms with E-state index in [-0.39, 0.29) is 41.4 Å². The van der Waals surface area contributed by atoms with E-state index in [9.17, 15) is 14.4 Å². The lowest BCUT2D eigenvalue weighted by atomic mass is 9.82. The number of anilines is 2. The molecule has 2 fully saturated rings. The molecule has 2 aromatic rings. The second-order valence-corrected chi connectivity index (χ2v) is 8.21. The van der Waals surface area contributed by atoms with Crippen molar-refractivity contribution < 1.29 is 19.1 Å². The van der Waals surface area contributed by atoms with Crippen molar-refractivity contribution in [1.82, 2.24) is 0 Å². The van der Waals surface area contributed by atoms with Crippen LogP contribution in [0.5, 0.6) is 5.75 Å². The van der Waals surface area contributed by atoms with Gasteiger partial charge in [-0.05, 0) is 61.6 Å². The number of carbonyl (C=O) groups is 3. The zero-order valence-electron chi connectivity index (χ0n) is 16.8. The normalized spacial score (nSPS) is 26.6. The fraction of sp³-hybridized carbons (Fsp3) is 0.292. The summed E-state index contributed by atoms with van der Waals surface area (Å²) in [5.74, 6) is 0.0462. The monoisotopic (exact) mass is 402 g/mol. The maximum absolute atomic E-state index is 13.0. The van der Waals surface area contributed by atoms with Crippen LogP contribution in [0.15, 0.2) is 60.2 Å². The topological polar surface area (TPSA) is 75.7 Å². The summed E-state index contributed by atoms with van der Waals surface area (Å²) in [7, 11) is 1.57. The first-order valence-electron chi connectivity index (χ1n) is 10.1. The molecule has 0 aromatic heterocycles. The molecular weight excluding hydrogens is 380 g/mol. The van der Waals surface area contributed by atoms with Crippen molar-refractivity contribution in [1.29, 1.82) is 0 Å². The molecule has 1 heterocycles. The van der Waals surface area contributed by atoms with Gasteiger partial charge in [0, 0.05) is 17.3 Å². The summed E-state index contributed by atoms with van der Waals surface area (Å²) in [6, 6.07) is 13.7. The van der Waals surface area contributed by atoms with Crippen molar-refractivity contribution in [2.24, 2.45) is 23.7 Å². The van der Waals surface area contributed by atoms with E-state index in [0.717, 1.165) is 6.42 Å². The SMILES string of the molecule is COc1cccc(NC(=O)c2ccc(N3C(=O)[C@H]4[C@H](C3=O)[C@H]3C=C(C)[C@H]4C3)cc2)c1. The smallest absolute Gasteiger partial charge is 0.255 e. The maximum Gasteiger partial charge on any atom is 0.255 e. The van der Waals surface area contributed by atoms with E-state index in [1.54, 1.807) is 55.6 Å². The Morgan fingerprint density at radius 2 is 1.80 bits per heavy atom. The van der Waals surface area contributed by atoms with E-state index in [2.05, 4.69) is 18.3 Å². The van der Waals surface area contributed by atoms with E-state index < -0.39 is 0 Å². The molecule has 4 atom stereocenters. The Balaban J connectivity index is 1.34. The first-order valence-corrected chi connectivity index (χ1v) is 10.1. The van der Waals surface area contributed by atoms with Gasteiger partial charge in [-0.2, -0.15) is 0 Å². The molecule has 5 rings (SSSR count). The lowest BCUT2D eigenvalue weighted by Crippen LogP contribution is -2.33. The number of nitrogens with one attached hydrogen (secondary N) is 1. The van der Waals surface area contributed by atoms with Crippen LogP contribution in [0.3, 0.4) is 0 Å². The summed E-state index contributed by atoms with van der Waals surface area (Å²) < 4.78 is 5.17. The summed E-state index contributed by atoms with van der Waals surface area (Å²) in [6.07, 6.45) is 3.07. The number of hydrogen-bond acceptors (Lipinski definition) is 4. The fourth-order valence-electron chi connectivity index (χ4n) is 5.19. The Labute approximate surface area is 174 Å². The number of allylic oxidation sites excluding steroid dienone is 2. The molecule has 1 N–H and O–H groups in total. The summed E-state index contributed by atoms with van der Waals surface area (Å²) in [5.41, 5.74) is 2.82. The van der Waals surface area contributed by atoms with Crippen molar-refractivity contribution in [2.45, 2.75) is 13.3 Å². The molecule has 6 nitrogen and oxygen atoms in total. The lowest BCUT2D eigenvalue weighted by molar-refractivity contribution is -0.123. The van der Waals surface area contributed by atoms with Crippen LogP contribution < -0.4 is 15.0 Å². The number of methoxy groups -OCH3 is 1. The van der Waals surface area contributed by atoms with E-state index in [1.807, 2.05) is 0 Å². The standard InChI is InChI=1S/C24H22N2O4/c1-13-10-15-11-19(13)21-20(15)23(28)26(24(21)29)17-8-6-14(7-9-17)22(27)25-16-4-3-5-18(12-16)30-2/h3-10,12,15,19-21H,11H2,1-2H3,(H,25,27)/t15-,19+,20+,21+/m0/s1. The Morgan fingerprint density at radius 1 is 1.07 bits per heavy atom. The number of hydrogen-bond donors (Lipinski definition) is 1.